The van der Waals surface area contributed by atoms with Gasteiger partial charge in [-0.15, -0.1) is 0 Å². The van der Waals surface area contributed by atoms with E-state index in [1.807, 2.05) is 37.3 Å². The van der Waals surface area contributed by atoms with E-state index in [-0.39, 0.29) is 28.8 Å². The first-order valence-corrected chi connectivity index (χ1v) is 9.35. The van der Waals surface area contributed by atoms with Gasteiger partial charge in [0.25, 0.3) is 0 Å². The number of para-hydroxylation sites is 1. The summed E-state index contributed by atoms with van der Waals surface area (Å²) in [6, 6.07) is 8.53. The van der Waals surface area contributed by atoms with Crippen LogP contribution in [0.3, 0.4) is 0 Å². The van der Waals surface area contributed by atoms with E-state index in [4.69, 9.17) is 4.42 Å². The van der Waals surface area contributed by atoms with Gasteiger partial charge in [0, 0.05) is 42.2 Å². The predicted molar refractivity (Wildman–Crippen MR) is 99.4 cm³/mol. The number of fused-ring (bicyclic) bond motifs is 2. The topological polar surface area (TPSA) is 101 Å². The minimum absolute atomic E-state index is 0.0769. The molecule has 0 bridgehead atoms. The minimum Gasteiger partial charge on any atom is -0.459 e. The first-order valence-electron chi connectivity index (χ1n) is 9.35. The number of carbonyl (C=O) groups is 1. The molecule has 1 aliphatic carbocycles. The molecular weight excluding hydrogens is 348 g/mol. The van der Waals surface area contributed by atoms with Gasteiger partial charge in [-0.2, -0.15) is 0 Å². The van der Waals surface area contributed by atoms with E-state index in [0.29, 0.717) is 19.3 Å². The molecule has 1 amide bonds. The highest BCUT2D eigenvalue weighted by Gasteiger charge is 2.47. The number of nitrogens with one attached hydrogen (secondary N) is 2. The molecule has 2 aliphatic rings. The number of hydrogen-bond donors (Lipinski definition) is 2. The number of amides is 1. The predicted octanol–water partition coefficient (Wildman–Crippen LogP) is 2.24. The number of benzene rings is 1. The van der Waals surface area contributed by atoms with Crippen LogP contribution in [0.1, 0.15) is 38.0 Å². The first kappa shape index (κ1) is 17.9. The summed E-state index contributed by atoms with van der Waals surface area (Å²) in [7, 11) is 1.75. The molecule has 1 saturated heterocycles. The quantitative estimate of drug-likeness (QED) is 0.631. The summed E-state index contributed by atoms with van der Waals surface area (Å²) < 4.78 is 5.90. The van der Waals surface area contributed by atoms with Crippen molar-refractivity contribution >= 4 is 16.9 Å². The zero-order chi connectivity index (χ0) is 19.1. The fourth-order valence-electron chi connectivity index (χ4n) is 4.28. The monoisotopic (exact) mass is 372 g/mol. The van der Waals surface area contributed by atoms with Crippen LogP contribution in [0.15, 0.2) is 34.7 Å². The van der Waals surface area contributed by atoms with Crippen molar-refractivity contribution < 1.29 is 14.1 Å². The van der Waals surface area contributed by atoms with Crippen molar-refractivity contribution in [2.75, 3.05) is 7.05 Å². The Kier molecular flexibility index (Phi) is 4.61. The van der Waals surface area contributed by atoms with Crippen LogP contribution in [0.25, 0.3) is 11.0 Å². The summed E-state index contributed by atoms with van der Waals surface area (Å²) >= 11 is 0. The normalized spacial score (nSPS) is 28.7. The van der Waals surface area contributed by atoms with Crippen LogP contribution in [0.2, 0.25) is 0 Å². The highest BCUT2D eigenvalue weighted by molar-refractivity contribution is 5.83. The fourth-order valence-corrected chi connectivity index (χ4v) is 4.28. The third-order valence-corrected chi connectivity index (χ3v) is 6.07. The average Bonchev–Trinajstić information content (AvgIpc) is 3.29. The molecule has 2 heterocycles. The van der Waals surface area contributed by atoms with Gasteiger partial charge < -0.3 is 9.32 Å². The van der Waals surface area contributed by atoms with Crippen molar-refractivity contribution in [2.45, 2.75) is 50.4 Å². The molecule has 8 heteroatoms. The van der Waals surface area contributed by atoms with Crippen molar-refractivity contribution in [1.29, 1.82) is 0 Å². The molecule has 8 nitrogen and oxygen atoms in total. The fraction of sp³-hybridized carbons (Fsp3) is 0.526. The maximum Gasteiger partial charge on any atom is 0.241 e. The summed E-state index contributed by atoms with van der Waals surface area (Å²) in [6.45, 7) is 1.93. The average molecular weight is 372 g/mol. The molecule has 1 aliphatic heterocycles. The standard InChI is InChI=1S/C19H24N4O4/c1-11(17-9-12-5-3-4-6-16(12)27-17)22(2)19(24)18-14-10-13(23(25)26)7-8-15(14)20-21-18/h3-6,9,11,13-15,18,20-21H,7-8,10H2,1-2H3. The van der Waals surface area contributed by atoms with Crippen molar-refractivity contribution in [3.63, 3.8) is 0 Å². The molecule has 2 fully saturated rings. The molecule has 1 aromatic heterocycles. The lowest BCUT2D eigenvalue weighted by atomic mass is 9.79. The molecule has 144 valence electrons. The zero-order valence-electron chi connectivity index (χ0n) is 15.4. The number of rotatable bonds is 4. The third-order valence-electron chi connectivity index (χ3n) is 6.07. The first-order chi connectivity index (χ1) is 13.0. The number of furan rings is 1. The molecule has 0 radical (unpaired) electrons. The lowest BCUT2D eigenvalue weighted by Crippen LogP contribution is -2.48. The van der Waals surface area contributed by atoms with E-state index in [2.05, 4.69) is 10.9 Å². The smallest absolute Gasteiger partial charge is 0.241 e. The molecule has 0 spiro atoms. The van der Waals surface area contributed by atoms with Gasteiger partial charge in [0.15, 0.2) is 0 Å². The second kappa shape index (κ2) is 6.94. The molecule has 2 N–H and O–H groups in total. The van der Waals surface area contributed by atoms with Crippen LogP contribution >= 0.6 is 0 Å². The van der Waals surface area contributed by atoms with Crippen molar-refractivity contribution in [2.24, 2.45) is 5.92 Å². The maximum atomic E-state index is 13.1. The number of nitrogens with zero attached hydrogens (tertiary/aromatic N) is 2. The second-order valence-electron chi connectivity index (χ2n) is 7.60. The van der Waals surface area contributed by atoms with Gasteiger partial charge in [-0.25, -0.2) is 5.43 Å². The Morgan fingerprint density at radius 3 is 2.85 bits per heavy atom. The molecule has 27 heavy (non-hydrogen) atoms. The Bertz CT molecular complexity index is 833. The number of carbonyl (C=O) groups excluding carboxylic acids is 1. The van der Waals surface area contributed by atoms with Crippen LogP contribution in [0.4, 0.5) is 0 Å². The lowest BCUT2D eigenvalue weighted by molar-refractivity contribution is -0.528. The Balaban J connectivity index is 1.50. The lowest BCUT2D eigenvalue weighted by Gasteiger charge is -2.31. The Morgan fingerprint density at radius 2 is 2.11 bits per heavy atom. The van der Waals surface area contributed by atoms with Crippen LogP contribution in [-0.4, -0.2) is 40.9 Å². The summed E-state index contributed by atoms with van der Waals surface area (Å²) in [5.41, 5.74) is 7.03. The zero-order valence-corrected chi connectivity index (χ0v) is 15.4. The highest BCUT2D eigenvalue weighted by atomic mass is 16.6. The van der Waals surface area contributed by atoms with Crippen LogP contribution in [0, 0.1) is 16.0 Å². The van der Waals surface area contributed by atoms with E-state index in [1.54, 1.807) is 11.9 Å². The minimum atomic E-state index is -0.568. The van der Waals surface area contributed by atoms with Gasteiger partial charge in [-0.1, -0.05) is 18.2 Å². The van der Waals surface area contributed by atoms with Gasteiger partial charge in [-0.3, -0.25) is 20.3 Å². The molecule has 5 atom stereocenters. The van der Waals surface area contributed by atoms with E-state index >= 15 is 0 Å². The summed E-state index contributed by atoms with van der Waals surface area (Å²) in [4.78, 5) is 25.8. The van der Waals surface area contributed by atoms with Crippen LogP contribution < -0.4 is 10.9 Å². The highest BCUT2D eigenvalue weighted by Crippen LogP contribution is 2.34. The maximum absolute atomic E-state index is 13.1. The molecule has 1 saturated carbocycles. The van der Waals surface area contributed by atoms with Crippen molar-refractivity contribution in [3.05, 3.63) is 46.2 Å². The van der Waals surface area contributed by atoms with Crippen molar-refractivity contribution in [1.82, 2.24) is 15.8 Å². The Morgan fingerprint density at radius 1 is 1.33 bits per heavy atom. The number of likely N-dealkylation sites (N-methyl/N-ethyl adjacent to an activating group) is 1. The molecule has 1 aromatic carbocycles. The number of hydrogen-bond acceptors (Lipinski definition) is 6. The van der Waals surface area contributed by atoms with E-state index < -0.39 is 12.1 Å². The largest absolute Gasteiger partial charge is 0.459 e. The van der Waals surface area contributed by atoms with E-state index in [9.17, 15) is 14.9 Å². The van der Waals surface area contributed by atoms with Gasteiger partial charge >= 0.3 is 0 Å². The summed E-state index contributed by atoms with van der Waals surface area (Å²) in [5.74, 6) is 0.570. The van der Waals surface area contributed by atoms with Crippen LogP contribution in [0.5, 0.6) is 0 Å². The Labute approximate surface area is 157 Å². The summed E-state index contributed by atoms with van der Waals surface area (Å²) in [5, 5.41) is 12.2. The Hall–Kier alpha value is -2.45. The molecular formula is C19H24N4O4. The second-order valence-corrected chi connectivity index (χ2v) is 7.60. The molecule has 5 unspecified atom stereocenters. The SMILES string of the molecule is CC(c1cc2ccccc2o1)N(C)C(=O)C1NNC2CCC([N+](=O)[O-])CC21. The molecule has 2 aromatic rings. The van der Waals surface area contributed by atoms with Gasteiger partial charge in [0.1, 0.15) is 17.4 Å². The molecule has 4 rings (SSSR count). The number of nitro groups is 1. The van der Waals surface area contributed by atoms with Crippen LogP contribution in [-0.2, 0) is 4.79 Å². The summed E-state index contributed by atoms with van der Waals surface area (Å²) in [6.07, 6.45) is 1.67. The van der Waals surface area contributed by atoms with E-state index in [1.165, 1.54) is 0 Å². The van der Waals surface area contributed by atoms with Gasteiger partial charge in [-0.05, 0) is 25.5 Å². The van der Waals surface area contributed by atoms with E-state index in [0.717, 1.165) is 16.7 Å². The number of hydrazine groups is 1. The van der Waals surface area contributed by atoms with Gasteiger partial charge in [0.2, 0.25) is 11.9 Å². The third kappa shape index (κ3) is 3.19. The van der Waals surface area contributed by atoms with Crippen molar-refractivity contribution in [3.8, 4) is 0 Å². The van der Waals surface area contributed by atoms with Gasteiger partial charge in [0.05, 0.1) is 6.04 Å².